The van der Waals surface area contributed by atoms with E-state index in [0.29, 0.717) is 0 Å². The third-order valence-corrected chi connectivity index (χ3v) is 0.406. The summed E-state index contributed by atoms with van der Waals surface area (Å²) in [7, 11) is 0. The van der Waals surface area contributed by atoms with E-state index >= 15 is 0 Å². The molecule has 0 unspecified atom stereocenters. The third-order valence-electron chi connectivity index (χ3n) is 0.406. The molecule has 0 saturated carbocycles. The van der Waals surface area contributed by atoms with Crippen LogP contribution in [0.3, 0.4) is 0 Å². The molecule has 0 atom stereocenters. The molecule has 0 heterocycles. The van der Waals surface area contributed by atoms with Gasteiger partial charge >= 0.3 is 17.9 Å². The molecule has 0 aromatic carbocycles. The first kappa shape index (κ1) is 24.8. The molecule has 6 N–H and O–H groups in total. The van der Waals surface area contributed by atoms with E-state index in [9.17, 15) is 0 Å². The molecule has 10 heteroatoms. The van der Waals surface area contributed by atoms with Gasteiger partial charge in [-0.25, -0.2) is 14.4 Å². The van der Waals surface area contributed by atoms with Crippen molar-refractivity contribution in [3.63, 3.8) is 0 Å². The molecule has 0 aromatic rings. The number of aliphatic hydroxyl groups is 3. The molecule has 0 saturated heterocycles. The van der Waals surface area contributed by atoms with Gasteiger partial charge in [0.1, 0.15) is 19.8 Å². The molecule has 16 heavy (non-hydrogen) atoms. The molecular weight excluding hydrogens is 357 g/mol. The van der Waals surface area contributed by atoms with E-state index in [1.54, 1.807) is 0 Å². The molecule has 0 aliphatic carbocycles. The van der Waals surface area contributed by atoms with E-state index in [1.807, 2.05) is 0 Å². The van der Waals surface area contributed by atoms with Crippen LogP contribution in [0, 0.1) is 41.3 Å². The fourth-order valence-corrected chi connectivity index (χ4v) is 0. The van der Waals surface area contributed by atoms with Gasteiger partial charge in [0.2, 0.25) is 0 Å². The summed E-state index contributed by atoms with van der Waals surface area (Å²) in [4.78, 5) is 27.4. The Labute approximate surface area is 123 Å². The summed E-state index contributed by atoms with van der Waals surface area (Å²) < 4.78 is 0. The second-order valence-electron chi connectivity index (χ2n) is 1.66. The number of hydrogen-bond acceptors (Lipinski definition) is 6. The van der Waals surface area contributed by atoms with Crippen LogP contribution in [0.5, 0.6) is 0 Å². The van der Waals surface area contributed by atoms with Crippen LogP contribution in [0.1, 0.15) is 0 Å². The molecule has 0 amide bonds. The zero-order chi connectivity index (χ0) is 12.9. The van der Waals surface area contributed by atoms with Gasteiger partial charge in [-0.2, -0.15) is 0 Å². The maximum atomic E-state index is 9.12. The van der Waals surface area contributed by atoms with E-state index in [1.165, 1.54) is 0 Å². The monoisotopic (exact) mass is 369 g/mol. The fraction of sp³-hybridized carbons (Fsp3) is 0.500. The Morgan fingerprint density at radius 1 is 0.625 bits per heavy atom. The van der Waals surface area contributed by atoms with Crippen LogP contribution in [0.4, 0.5) is 0 Å². The zero-order valence-electron chi connectivity index (χ0n) is 8.11. The van der Waals surface area contributed by atoms with Crippen LogP contribution in [0.25, 0.3) is 0 Å². The van der Waals surface area contributed by atoms with E-state index in [0.717, 1.165) is 0 Å². The van der Waals surface area contributed by atoms with Crippen molar-refractivity contribution in [2.45, 2.75) is 0 Å². The molecule has 93 valence electrons. The van der Waals surface area contributed by atoms with Gasteiger partial charge in [0, 0.05) is 41.3 Å². The molecule has 0 spiro atoms. The summed E-state index contributed by atoms with van der Waals surface area (Å²) in [6, 6.07) is 0. The van der Waals surface area contributed by atoms with Crippen LogP contribution in [-0.4, -0.2) is 68.4 Å². The summed E-state index contributed by atoms with van der Waals surface area (Å²) in [5, 5.41) is 45.0. The quantitative estimate of drug-likeness (QED) is 0.307. The third kappa shape index (κ3) is 68.4. The fourth-order valence-electron chi connectivity index (χ4n) is 0. The van der Waals surface area contributed by atoms with Crippen LogP contribution >= 0.6 is 0 Å². The maximum absolute atomic E-state index is 9.12. The van der Waals surface area contributed by atoms with Gasteiger partial charge in [0.15, 0.2) is 0 Å². The Morgan fingerprint density at radius 3 is 0.688 bits per heavy atom. The van der Waals surface area contributed by atoms with Gasteiger partial charge in [0.25, 0.3) is 0 Å². The first-order chi connectivity index (χ1) is 6.81. The minimum Gasteiger partial charge on any atom is -0.480 e. The number of carboxylic acids is 3. The number of carbonyl (C=O) groups is 3. The summed E-state index contributed by atoms with van der Waals surface area (Å²) in [6.07, 6.45) is 0. The van der Waals surface area contributed by atoms with Crippen molar-refractivity contribution in [1.82, 2.24) is 0 Å². The maximum Gasteiger partial charge on any atom is 0.329 e. The summed E-state index contributed by atoms with van der Waals surface area (Å²) >= 11 is 0. The number of hydrogen-bond donors (Lipinski definition) is 6. The van der Waals surface area contributed by atoms with E-state index in [-0.39, 0.29) is 41.3 Å². The first-order valence-electron chi connectivity index (χ1n) is 3.29. The van der Waals surface area contributed by atoms with Crippen LogP contribution in [0.2, 0.25) is 0 Å². The van der Waals surface area contributed by atoms with Crippen molar-refractivity contribution in [2.75, 3.05) is 19.8 Å². The van der Waals surface area contributed by atoms with Crippen LogP contribution in [0.15, 0.2) is 0 Å². The number of aliphatic hydroxyl groups excluding tert-OH is 3. The number of carboxylic acid groups (broad SMARTS) is 3. The smallest absolute Gasteiger partial charge is 0.329 e. The predicted octanol–water partition coefficient (Wildman–Crippen LogP) is -2.81. The van der Waals surface area contributed by atoms with E-state index in [2.05, 4.69) is 0 Å². The molecule has 0 rings (SSSR count). The number of rotatable bonds is 3. The van der Waals surface area contributed by atoms with E-state index in [4.69, 9.17) is 45.0 Å². The van der Waals surface area contributed by atoms with Crippen molar-refractivity contribution in [2.24, 2.45) is 0 Å². The average Bonchev–Trinajstić information content (AvgIpc) is 2.19. The zero-order valence-corrected chi connectivity index (χ0v) is 11.8. The molecule has 0 aliphatic rings. The molecule has 0 aromatic heterocycles. The summed E-state index contributed by atoms with van der Waals surface area (Å²) in [5.74, 6) is -3.57. The molecule has 0 aliphatic heterocycles. The number of aliphatic carboxylic acids is 3. The largest absolute Gasteiger partial charge is 0.480 e. The Hall–Kier alpha value is -0.346. The van der Waals surface area contributed by atoms with Crippen molar-refractivity contribution >= 4 is 17.9 Å². The van der Waals surface area contributed by atoms with Crippen molar-refractivity contribution < 1.29 is 86.3 Å². The van der Waals surface area contributed by atoms with Gasteiger partial charge in [-0.05, 0) is 0 Å². The van der Waals surface area contributed by atoms with E-state index < -0.39 is 37.7 Å². The topological polar surface area (TPSA) is 173 Å². The van der Waals surface area contributed by atoms with Crippen molar-refractivity contribution in [1.29, 1.82) is 0 Å². The van der Waals surface area contributed by atoms with Gasteiger partial charge in [0.05, 0.1) is 0 Å². The summed E-state index contributed by atoms with van der Waals surface area (Å²) in [6.45, 7) is -2.33. The van der Waals surface area contributed by atoms with Crippen LogP contribution in [-0.2, 0) is 14.4 Å². The Balaban J connectivity index is -0.0000000655. The van der Waals surface area contributed by atoms with Gasteiger partial charge in [-0.1, -0.05) is 0 Å². The second kappa shape index (κ2) is 20.1. The predicted molar refractivity (Wildman–Crippen MR) is 44.2 cm³/mol. The van der Waals surface area contributed by atoms with Gasteiger partial charge in [-0.3, -0.25) is 0 Å². The SMILES string of the molecule is O=C(O)CO.O=C(O)CO.O=C(O)CO.[Pr]. The molecule has 0 bridgehead atoms. The normalized spacial score (nSPS) is 6.94. The Morgan fingerprint density at radius 2 is 0.688 bits per heavy atom. The minimum absolute atomic E-state index is 0. The summed E-state index contributed by atoms with van der Waals surface area (Å²) in [5.41, 5.74) is 0. The standard InChI is InChI=1S/3C2H4O3.Pr/c3*3-1-2(4)5;/h3*3H,1H2,(H,4,5);. The minimum atomic E-state index is -1.19. The molecule has 1 radical (unpaired) electrons. The van der Waals surface area contributed by atoms with Gasteiger partial charge < -0.3 is 30.6 Å². The van der Waals surface area contributed by atoms with Crippen molar-refractivity contribution in [3.8, 4) is 0 Å². The van der Waals surface area contributed by atoms with Crippen molar-refractivity contribution in [3.05, 3.63) is 0 Å². The second-order valence-corrected chi connectivity index (χ2v) is 1.66. The molecule has 9 nitrogen and oxygen atoms in total. The Kier molecular flexibility index (Phi) is 31.1. The molecule has 0 fully saturated rings. The van der Waals surface area contributed by atoms with Crippen LogP contribution < -0.4 is 0 Å². The Bertz CT molecular complexity index is 159. The molecular formula is C6H12O9Pr. The first-order valence-corrected chi connectivity index (χ1v) is 3.29. The average molecular weight is 369 g/mol. The van der Waals surface area contributed by atoms with Gasteiger partial charge in [-0.15, -0.1) is 0 Å².